The van der Waals surface area contributed by atoms with Gasteiger partial charge in [0.2, 0.25) is 0 Å². The summed E-state index contributed by atoms with van der Waals surface area (Å²) < 4.78 is 6.71. The van der Waals surface area contributed by atoms with Crippen molar-refractivity contribution in [2.24, 2.45) is 0 Å². The van der Waals surface area contributed by atoms with Crippen LogP contribution in [0, 0.1) is 0 Å². The molecule has 0 fully saturated rings. The lowest BCUT2D eigenvalue weighted by Gasteiger charge is -2.17. The van der Waals surface area contributed by atoms with Crippen LogP contribution in [0.5, 0.6) is 5.75 Å². The van der Waals surface area contributed by atoms with Crippen LogP contribution in [0.4, 0.5) is 5.82 Å². The zero-order valence-corrected chi connectivity index (χ0v) is 12.9. The molecular formula is C13H9Cl2N5O3. The molecule has 1 atom stereocenters. The first-order valence-corrected chi connectivity index (χ1v) is 7.00. The highest BCUT2D eigenvalue weighted by Gasteiger charge is 2.26. The van der Waals surface area contributed by atoms with Crippen molar-refractivity contribution in [3.8, 4) is 5.75 Å². The number of fused-ring (bicyclic) bond motifs is 1. The third-order valence-electron chi connectivity index (χ3n) is 2.98. The fourth-order valence-electron chi connectivity index (χ4n) is 1.96. The molecular weight excluding hydrogens is 345 g/mol. The number of ether oxygens (including phenoxy) is 1. The number of halogens is 2. The number of carboxylic acids is 1. The van der Waals surface area contributed by atoms with Crippen molar-refractivity contribution < 1.29 is 14.6 Å². The third kappa shape index (κ3) is 2.86. The zero-order valence-electron chi connectivity index (χ0n) is 11.3. The molecule has 118 valence electrons. The molecule has 2 aromatic heterocycles. The first-order valence-electron chi connectivity index (χ1n) is 6.25. The molecule has 8 nitrogen and oxygen atoms in total. The van der Waals surface area contributed by atoms with E-state index < -0.39 is 12.2 Å². The van der Waals surface area contributed by atoms with Crippen molar-refractivity contribution in [2.75, 3.05) is 5.73 Å². The minimum absolute atomic E-state index is 0.141. The lowest BCUT2D eigenvalue weighted by Crippen LogP contribution is -2.24. The van der Waals surface area contributed by atoms with Gasteiger partial charge in [0.25, 0.3) is 6.23 Å². The van der Waals surface area contributed by atoms with Gasteiger partial charge in [0.05, 0.1) is 5.02 Å². The van der Waals surface area contributed by atoms with E-state index in [1.807, 2.05) is 0 Å². The molecule has 0 aliphatic rings. The zero-order chi connectivity index (χ0) is 16.6. The second kappa shape index (κ2) is 5.90. The highest BCUT2D eigenvalue weighted by atomic mass is 35.5. The maximum absolute atomic E-state index is 11.6. The van der Waals surface area contributed by atoms with Crippen LogP contribution in [-0.2, 0) is 4.79 Å². The highest BCUT2D eigenvalue weighted by molar-refractivity contribution is 6.35. The largest absolute Gasteiger partial charge is 0.477 e. The second-order valence-corrected chi connectivity index (χ2v) is 5.31. The Kier molecular flexibility index (Phi) is 3.93. The molecule has 23 heavy (non-hydrogen) atoms. The number of anilines is 1. The van der Waals surface area contributed by atoms with Gasteiger partial charge in [0, 0.05) is 5.02 Å². The third-order valence-corrected chi connectivity index (χ3v) is 3.51. The monoisotopic (exact) mass is 353 g/mol. The number of hydrogen-bond donors (Lipinski definition) is 2. The van der Waals surface area contributed by atoms with Crippen molar-refractivity contribution in [3.05, 3.63) is 40.9 Å². The average molecular weight is 354 g/mol. The summed E-state index contributed by atoms with van der Waals surface area (Å²) in [5.41, 5.74) is 6.20. The molecule has 3 N–H and O–H groups in total. The molecule has 0 saturated heterocycles. The molecule has 0 spiro atoms. The van der Waals surface area contributed by atoms with Gasteiger partial charge in [-0.05, 0) is 18.2 Å². The topological polar surface area (TPSA) is 116 Å². The Morgan fingerprint density at radius 3 is 2.78 bits per heavy atom. The van der Waals surface area contributed by atoms with Crippen LogP contribution in [0.25, 0.3) is 11.2 Å². The molecule has 1 aromatic carbocycles. The lowest BCUT2D eigenvalue weighted by molar-refractivity contribution is -0.149. The van der Waals surface area contributed by atoms with Gasteiger partial charge in [-0.2, -0.15) is 0 Å². The first-order chi connectivity index (χ1) is 11.0. The Bertz CT molecular complexity index is 898. The SMILES string of the molecule is Nc1ncnc2c1ncn2C(Oc1ccc(Cl)cc1Cl)C(=O)O. The quantitative estimate of drug-likeness (QED) is 0.739. The first kappa shape index (κ1) is 15.3. The Balaban J connectivity index is 2.04. The van der Waals surface area contributed by atoms with Gasteiger partial charge in [0.1, 0.15) is 23.9 Å². The van der Waals surface area contributed by atoms with Gasteiger partial charge < -0.3 is 15.6 Å². The lowest BCUT2D eigenvalue weighted by atomic mass is 10.3. The van der Waals surface area contributed by atoms with Crippen LogP contribution in [-0.4, -0.2) is 30.6 Å². The predicted molar refractivity (Wildman–Crippen MR) is 83.5 cm³/mol. The van der Waals surface area contributed by atoms with Crippen LogP contribution >= 0.6 is 23.2 Å². The highest BCUT2D eigenvalue weighted by Crippen LogP contribution is 2.31. The number of hydrogen-bond acceptors (Lipinski definition) is 6. The van der Waals surface area contributed by atoms with E-state index in [-0.39, 0.29) is 27.8 Å². The summed E-state index contributed by atoms with van der Waals surface area (Å²) in [4.78, 5) is 23.4. The van der Waals surface area contributed by atoms with Gasteiger partial charge in [-0.15, -0.1) is 0 Å². The summed E-state index contributed by atoms with van der Waals surface area (Å²) in [6.45, 7) is 0. The van der Waals surface area contributed by atoms with Crippen molar-refractivity contribution in [1.29, 1.82) is 0 Å². The minimum Gasteiger partial charge on any atom is -0.477 e. The van der Waals surface area contributed by atoms with E-state index in [0.717, 1.165) is 0 Å². The number of imidazole rings is 1. The predicted octanol–water partition coefficient (Wildman–Crippen LogP) is 2.38. The average Bonchev–Trinajstić information content (AvgIpc) is 2.91. The Labute approximate surface area is 139 Å². The number of nitrogens with zero attached hydrogens (tertiary/aromatic N) is 4. The van der Waals surface area contributed by atoms with E-state index >= 15 is 0 Å². The number of nitrogen functional groups attached to an aromatic ring is 1. The smallest absolute Gasteiger partial charge is 0.367 e. The molecule has 1 unspecified atom stereocenters. The van der Waals surface area contributed by atoms with Crippen LogP contribution in [0.1, 0.15) is 6.23 Å². The summed E-state index contributed by atoms with van der Waals surface area (Å²) in [7, 11) is 0. The summed E-state index contributed by atoms with van der Waals surface area (Å²) >= 11 is 11.8. The van der Waals surface area contributed by atoms with Gasteiger partial charge in [0.15, 0.2) is 11.5 Å². The van der Waals surface area contributed by atoms with Crippen molar-refractivity contribution in [1.82, 2.24) is 19.5 Å². The Morgan fingerprint density at radius 1 is 1.30 bits per heavy atom. The van der Waals surface area contributed by atoms with Gasteiger partial charge in [-0.25, -0.2) is 19.7 Å². The molecule has 3 rings (SSSR count). The number of nitrogens with two attached hydrogens (primary N) is 1. The Morgan fingerprint density at radius 2 is 2.09 bits per heavy atom. The molecule has 0 bridgehead atoms. The van der Waals surface area contributed by atoms with E-state index in [9.17, 15) is 9.90 Å². The molecule has 10 heteroatoms. The molecule has 0 saturated carbocycles. The van der Waals surface area contributed by atoms with Crippen LogP contribution in [0.3, 0.4) is 0 Å². The van der Waals surface area contributed by atoms with Crippen molar-refractivity contribution >= 4 is 46.2 Å². The van der Waals surface area contributed by atoms with Gasteiger partial charge in [-0.3, -0.25) is 4.57 Å². The van der Waals surface area contributed by atoms with E-state index in [1.165, 1.54) is 35.4 Å². The number of carbonyl (C=O) groups is 1. The maximum atomic E-state index is 11.6. The fourth-order valence-corrected chi connectivity index (χ4v) is 2.41. The normalized spacial score (nSPS) is 12.3. The molecule has 2 heterocycles. The maximum Gasteiger partial charge on any atom is 0.367 e. The summed E-state index contributed by atoms with van der Waals surface area (Å²) in [6, 6.07) is 4.46. The second-order valence-electron chi connectivity index (χ2n) is 4.47. The van der Waals surface area contributed by atoms with Crippen LogP contribution < -0.4 is 10.5 Å². The minimum atomic E-state index is -1.44. The Hall–Kier alpha value is -2.58. The molecule has 0 aliphatic carbocycles. The summed E-state index contributed by atoms with van der Waals surface area (Å²) in [6.07, 6.45) is 1.04. The van der Waals surface area contributed by atoms with Crippen LogP contribution in [0.2, 0.25) is 10.0 Å². The van der Waals surface area contributed by atoms with E-state index in [2.05, 4.69) is 15.0 Å². The number of aromatic nitrogens is 4. The van der Waals surface area contributed by atoms with E-state index in [1.54, 1.807) is 0 Å². The van der Waals surface area contributed by atoms with Gasteiger partial charge >= 0.3 is 5.97 Å². The van der Waals surface area contributed by atoms with E-state index in [0.29, 0.717) is 5.02 Å². The van der Waals surface area contributed by atoms with Crippen molar-refractivity contribution in [3.63, 3.8) is 0 Å². The molecule has 0 radical (unpaired) electrons. The molecule has 0 aliphatic heterocycles. The van der Waals surface area contributed by atoms with E-state index in [4.69, 9.17) is 33.7 Å². The molecule has 0 amide bonds. The molecule has 3 aromatic rings. The number of aliphatic carboxylic acids is 1. The fraction of sp³-hybridized carbons (Fsp3) is 0.0769. The van der Waals surface area contributed by atoms with Crippen LogP contribution in [0.15, 0.2) is 30.9 Å². The van der Waals surface area contributed by atoms with Gasteiger partial charge in [-0.1, -0.05) is 23.2 Å². The van der Waals surface area contributed by atoms with Crippen molar-refractivity contribution in [2.45, 2.75) is 6.23 Å². The number of benzene rings is 1. The summed E-state index contributed by atoms with van der Waals surface area (Å²) in [5, 5.41) is 10.1. The summed E-state index contributed by atoms with van der Waals surface area (Å²) in [5.74, 6) is -0.956. The number of carboxylic acid groups (broad SMARTS) is 1. The number of rotatable bonds is 4. The standard InChI is InChI=1S/C13H9Cl2N5O3/c14-6-1-2-8(7(15)3-6)23-12(13(21)22)20-5-19-9-10(16)17-4-18-11(9)20/h1-5,12H,(H,21,22)(H2,16,17,18).